The van der Waals surface area contributed by atoms with Gasteiger partial charge >= 0.3 is 0 Å². The van der Waals surface area contributed by atoms with Crippen LogP contribution in [0.3, 0.4) is 0 Å². The second-order valence-corrected chi connectivity index (χ2v) is 5.92. The van der Waals surface area contributed by atoms with Crippen molar-refractivity contribution < 1.29 is 4.79 Å². The fourth-order valence-electron chi connectivity index (χ4n) is 2.56. The standard InChI is InChI=1S/C17H23N7O/c1-23-9-10-24(12-17(23)25)16-11-15(21-13-22-16)20-8-4-7-19-14-5-2-3-6-18-14/h2-3,5-6,11,13H,4,7-10,12H2,1H3,(H,18,19)(H,20,21,22). The van der Waals surface area contributed by atoms with Crippen LogP contribution in [-0.4, -0.2) is 65.5 Å². The van der Waals surface area contributed by atoms with Gasteiger partial charge in [0, 0.05) is 45.5 Å². The molecule has 0 saturated carbocycles. The van der Waals surface area contributed by atoms with Crippen LogP contribution in [0.5, 0.6) is 0 Å². The molecule has 2 N–H and O–H groups in total. The minimum atomic E-state index is 0.111. The lowest BCUT2D eigenvalue weighted by molar-refractivity contribution is -0.129. The van der Waals surface area contributed by atoms with E-state index in [9.17, 15) is 4.79 Å². The van der Waals surface area contributed by atoms with E-state index in [0.29, 0.717) is 13.1 Å². The Morgan fingerprint density at radius 2 is 1.92 bits per heavy atom. The lowest BCUT2D eigenvalue weighted by atomic mass is 10.3. The minimum absolute atomic E-state index is 0.111. The third kappa shape index (κ3) is 4.79. The van der Waals surface area contributed by atoms with Crippen LogP contribution in [0.2, 0.25) is 0 Å². The summed E-state index contributed by atoms with van der Waals surface area (Å²) in [5, 5.41) is 6.57. The summed E-state index contributed by atoms with van der Waals surface area (Å²) in [6.45, 7) is 3.48. The lowest BCUT2D eigenvalue weighted by Gasteiger charge is -2.32. The van der Waals surface area contributed by atoms with Crippen LogP contribution >= 0.6 is 0 Å². The molecule has 0 unspecified atom stereocenters. The zero-order valence-electron chi connectivity index (χ0n) is 14.4. The van der Waals surface area contributed by atoms with Crippen molar-refractivity contribution in [3.05, 3.63) is 36.8 Å². The first-order valence-corrected chi connectivity index (χ1v) is 8.42. The number of aromatic nitrogens is 3. The summed E-state index contributed by atoms with van der Waals surface area (Å²) in [6, 6.07) is 7.69. The normalized spacial score (nSPS) is 14.5. The molecule has 1 fully saturated rings. The molecule has 25 heavy (non-hydrogen) atoms. The maximum atomic E-state index is 11.8. The highest BCUT2D eigenvalue weighted by atomic mass is 16.2. The van der Waals surface area contributed by atoms with Gasteiger partial charge in [0.2, 0.25) is 5.91 Å². The van der Waals surface area contributed by atoms with Crippen LogP contribution in [0.4, 0.5) is 17.5 Å². The predicted octanol–water partition coefficient (Wildman–Crippen LogP) is 1.06. The topological polar surface area (TPSA) is 86.3 Å². The molecule has 1 aliphatic rings. The summed E-state index contributed by atoms with van der Waals surface area (Å²) < 4.78 is 0. The Balaban J connectivity index is 1.45. The first-order valence-electron chi connectivity index (χ1n) is 8.42. The van der Waals surface area contributed by atoms with E-state index in [-0.39, 0.29) is 5.91 Å². The second kappa shape index (κ2) is 8.27. The number of nitrogens with one attached hydrogen (secondary N) is 2. The summed E-state index contributed by atoms with van der Waals surface area (Å²) in [7, 11) is 1.83. The number of anilines is 3. The van der Waals surface area contributed by atoms with Crippen molar-refractivity contribution in [3.8, 4) is 0 Å². The van der Waals surface area contributed by atoms with Crippen molar-refractivity contribution in [2.45, 2.75) is 6.42 Å². The maximum Gasteiger partial charge on any atom is 0.241 e. The zero-order valence-corrected chi connectivity index (χ0v) is 14.4. The van der Waals surface area contributed by atoms with Gasteiger partial charge < -0.3 is 20.4 Å². The molecule has 1 saturated heterocycles. The number of carbonyl (C=O) groups excluding carboxylic acids is 1. The van der Waals surface area contributed by atoms with E-state index in [1.165, 1.54) is 6.33 Å². The highest BCUT2D eigenvalue weighted by Crippen LogP contribution is 2.16. The Morgan fingerprint density at radius 1 is 1.08 bits per heavy atom. The monoisotopic (exact) mass is 341 g/mol. The van der Waals surface area contributed by atoms with Gasteiger partial charge in [0.25, 0.3) is 0 Å². The van der Waals surface area contributed by atoms with Gasteiger partial charge in [-0.25, -0.2) is 15.0 Å². The molecule has 3 heterocycles. The highest BCUT2D eigenvalue weighted by molar-refractivity contribution is 5.82. The molecule has 0 aliphatic carbocycles. The van der Waals surface area contributed by atoms with Gasteiger partial charge in [-0.3, -0.25) is 4.79 Å². The van der Waals surface area contributed by atoms with Crippen LogP contribution in [0, 0.1) is 0 Å². The van der Waals surface area contributed by atoms with Crippen molar-refractivity contribution in [3.63, 3.8) is 0 Å². The Kier molecular flexibility index (Phi) is 5.61. The van der Waals surface area contributed by atoms with Crippen LogP contribution in [0.15, 0.2) is 36.8 Å². The van der Waals surface area contributed by atoms with E-state index in [1.54, 1.807) is 11.1 Å². The average Bonchev–Trinajstić information content (AvgIpc) is 2.65. The van der Waals surface area contributed by atoms with Crippen LogP contribution in [-0.2, 0) is 4.79 Å². The Labute approximate surface area is 147 Å². The summed E-state index contributed by atoms with van der Waals surface area (Å²) in [5.41, 5.74) is 0. The van der Waals surface area contributed by atoms with Gasteiger partial charge in [0.1, 0.15) is 23.8 Å². The van der Waals surface area contributed by atoms with Gasteiger partial charge in [0.05, 0.1) is 6.54 Å². The summed E-state index contributed by atoms with van der Waals surface area (Å²) >= 11 is 0. The molecule has 0 bridgehead atoms. The van der Waals surface area contributed by atoms with Gasteiger partial charge in [-0.15, -0.1) is 0 Å². The van der Waals surface area contributed by atoms with Crippen LogP contribution in [0.1, 0.15) is 6.42 Å². The first-order chi connectivity index (χ1) is 12.2. The molecule has 132 valence electrons. The predicted molar refractivity (Wildman–Crippen MR) is 97.7 cm³/mol. The van der Waals surface area contributed by atoms with E-state index < -0.39 is 0 Å². The molecule has 8 heteroatoms. The molecule has 2 aromatic heterocycles. The fraction of sp³-hybridized carbons (Fsp3) is 0.412. The summed E-state index contributed by atoms with van der Waals surface area (Å²) in [6.07, 6.45) is 4.24. The number of pyridine rings is 1. The molecule has 8 nitrogen and oxygen atoms in total. The SMILES string of the molecule is CN1CCN(c2cc(NCCCNc3ccccn3)ncn2)CC1=O. The van der Waals surface area contributed by atoms with Gasteiger partial charge in [-0.05, 0) is 18.6 Å². The molecule has 0 atom stereocenters. The fourth-order valence-corrected chi connectivity index (χ4v) is 2.56. The second-order valence-electron chi connectivity index (χ2n) is 5.92. The lowest BCUT2D eigenvalue weighted by Crippen LogP contribution is -2.48. The number of rotatable bonds is 7. The first kappa shape index (κ1) is 16.9. The molecule has 0 spiro atoms. The number of piperazine rings is 1. The molecule has 0 aromatic carbocycles. The maximum absolute atomic E-state index is 11.8. The third-order valence-electron chi connectivity index (χ3n) is 4.06. The number of nitrogens with zero attached hydrogens (tertiary/aromatic N) is 5. The van der Waals surface area contributed by atoms with Gasteiger partial charge in [0.15, 0.2) is 0 Å². The van der Waals surface area contributed by atoms with Crippen molar-refractivity contribution >= 4 is 23.4 Å². The van der Waals surface area contributed by atoms with E-state index in [0.717, 1.165) is 43.5 Å². The van der Waals surface area contributed by atoms with Crippen LogP contribution in [0.25, 0.3) is 0 Å². The van der Waals surface area contributed by atoms with Crippen molar-refractivity contribution in [1.82, 2.24) is 19.9 Å². The molecule has 1 amide bonds. The third-order valence-corrected chi connectivity index (χ3v) is 4.06. The Morgan fingerprint density at radius 3 is 2.68 bits per heavy atom. The number of likely N-dealkylation sites (N-methyl/N-ethyl adjacent to an activating group) is 1. The number of hydrogen-bond donors (Lipinski definition) is 2. The zero-order chi connectivity index (χ0) is 17.5. The number of hydrogen-bond acceptors (Lipinski definition) is 7. The van der Waals surface area contributed by atoms with E-state index in [2.05, 4.69) is 25.6 Å². The largest absolute Gasteiger partial charge is 0.370 e. The average molecular weight is 341 g/mol. The van der Waals surface area contributed by atoms with E-state index in [1.807, 2.05) is 36.2 Å². The molecular weight excluding hydrogens is 318 g/mol. The highest BCUT2D eigenvalue weighted by Gasteiger charge is 2.22. The number of carbonyl (C=O) groups is 1. The van der Waals surface area contributed by atoms with Crippen molar-refractivity contribution in [1.29, 1.82) is 0 Å². The smallest absolute Gasteiger partial charge is 0.241 e. The Bertz CT molecular complexity index is 694. The quantitative estimate of drug-likeness (QED) is 0.728. The van der Waals surface area contributed by atoms with Crippen molar-refractivity contribution in [2.75, 3.05) is 55.3 Å². The molecule has 2 aromatic rings. The summed E-state index contributed by atoms with van der Waals surface area (Å²) in [5.74, 6) is 2.55. The molecule has 3 rings (SSSR count). The van der Waals surface area contributed by atoms with Crippen molar-refractivity contribution in [2.24, 2.45) is 0 Å². The Hall–Kier alpha value is -2.90. The van der Waals surface area contributed by atoms with Crippen LogP contribution < -0.4 is 15.5 Å². The van der Waals surface area contributed by atoms with Gasteiger partial charge in [-0.2, -0.15) is 0 Å². The number of amides is 1. The molecule has 1 aliphatic heterocycles. The van der Waals surface area contributed by atoms with E-state index >= 15 is 0 Å². The minimum Gasteiger partial charge on any atom is -0.370 e. The van der Waals surface area contributed by atoms with E-state index in [4.69, 9.17) is 0 Å². The van der Waals surface area contributed by atoms with Gasteiger partial charge in [-0.1, -0.05) is 6.07 Å². The summed E-state index contributed by atoms with van der Waals surface area (Å²) in [4.78, 5) is 28.3. The molecular formula is C17H23N7O. The molecule has 0 radical (unpaired) electrons.